The molecule has 0 fully saturated rings. The Balaban J connectivity index is 2.04. The minimum atomic E-state index is -3.95. The average molecular weight is 380 g/mol. The van der Waals surface area contributed by atoms with Gasteiger partial charge in [0.15, 0.2) is 5.76 Å². The molecule has 2 amide bonds. The van der Waals surface area contributed by atoms with Crippen molar-refractivity contribution in [2.45, 2.75) is 38.6 Å². The third-order valence-electron chi connectivity index (χ3n) is 3.43. The van der Waals surface area contributed by atoms with Crippen LogP contribution in [0.1, 0.15) is 25.3 Å². The maximum atomic E-state index is 12.4. The molecule has 0 radical (unpaired) electrons. The molecule has 0 aliphatic carbocycles. The lowest BCUT2D eigenvalue weighted by atomic mass is 10.2. The van der Waals surface area contributed by atoms with Crippen LogP contribution in [-0.4, -0.2) is 31.4 Å². The van der Waals surface area contributed by atoms with Gasteiger partial charge in [-0.25, -0.2) is 8.42 Å². The predicted octanol–water partition coefficient (Wildman–Crippen LogP) is 1.56. The van der Waals surface area contributed by atoms with Gasteiger partial charge in [0, 0.05) is 18.3 Å². The Morgan fingerprint density at radius 3 is 2.08 bits per heavy atom. The summed E-state index contributed by atoms with van der Waals surface area (Å²) in [5.74, 6) is -0.590. The third-order valence-corrected chi connectivity index (χ3v) is 5.22. The van der Waals surface area contributed by atoms with E-state index in [9.17, 15) is 18.0 Å². The number of aryl methyl sites for hydroxylation is 2. The first-order valence-electron chi connectivity index (χ1n) is 7.74. The molecule has 0 aliphatic rings. The maximum Gasteiger partial charge on any atom is 0.246 e. The molecule has 0 aliphatic heterocycles. The smallest absolute Gasteiger partial charge is 0.246 e. The normalized spacial score (nSPS) is 12.5. The zero-order chi connectivity index (χ0) is 19.5. The summed E-state index contributed by atoms with van der Waals surface area (Å²) in [6, 6.07) is 5.41. The van der Waals surface area contributed by atoms with Gasteiger partial charge in [-0.05, 0) is 45.0 Å². The predicted molar refractivity (Wildman–Crippen MR) is 95.1 cm³/mol. The summed E-state index contributed by atoms with van der Waals surface area (Å²) in [7, 11) is -3.95. The SMILES string of the molecule is CC(=O)Nc1ccc(NC(=O)[C@@H](C)NS(=O)(=O)c2c(C)noc2C)cc1. The van der Waals surface area contributed by atoms with Gasteiger partial charge in [0.1, 0.15) is 10.6 Å². The van der Waals surface area contributed by atoms with Crippen LogP contribution >= 0.6 is 0 Å². The molecule has 26 heavy (non-hydrogen) atoms. The van der Waals surface area contributed by atoms with Crippen LogP contribution in [0, 0.1) is 13.8 Å². The molecule has 1 aromatic heterocycles. The van der Waals surface area contributed by atoms with E-state index >= 15 is 0 Å². The number of anilines is 2. The molecule has 9 nitrogen and oxygen atoms in total. The van der Waals surface area contributed by atoms with Gasteiger partial charge >= 0.3 is 0 Å². The fourth-order valence-corrected chi connectivity index (χ4v) is 3.83. The van der Waals surface area contributed by atoms with E-state index in [4.69, 9.17) is 4.52 Å². The van der Waals surface area contributed by atoms with Gasteiger partial charge in [-0.1, -0.05) is 5.16 Å². The van der Waals surface area contributed by atoms with Crippen molar-refractivity contribution in [3.63, 3.8) is 0 Å². The Bertz CT molecular complexity index is 899. The molecule has 10 heteroatoms. The molecule has 1 aromatic carbocycles. The fraction of sp³-hybridized carbons (Fsp3) is 0.312. The van der Waals surface area contributed by atoms with Gasteiger partial charge in [-0.15, -0.1) is 0 Å². The second kappa shape index (κ2) is 7.67. The molecule has 0 spiro atoms. The Morgan fingerprint density at radius 2 is 1.62 bits per heavy atom. The minimum absolute atomic E-state index is 0.0724. The first-order valence-corrected chi connectivity index (χ1v) is 9.22. The summed E-state index contributed by atoms with van der Waals surface area (Å²) in [5.41, 5.74) is 1.27. The number of sulfonamides is 1. The number of nitrogens with one attached hydrogen (secondary N) is 3. The van der Waals surface area contributed by atoms with Crippen LogP contribution in [0.15, 0.2) is 33.7 Å². The summed E-state index contributed by atoms with van der Waals surface area (Å²) in [4.78, 5) is 23.2. The van der Waals surface area contributed by atoms with E-state index in [1.165, 1.54) is 27.7 Å². The van der Waals surface area contributed by atoms with Crippen LogP contribution in [0.5, 0.6) is 0 Å². The van der Waals surface area contributed by atoms with Gasteiger partial charge in [-0.2, -0.15) is 4.72 Å². The van der Waals surface area contributed by atoms with Crippen molar-refractivity contribution in [3.05, 3.63) is 35.7 Å². The summed E-state index contributed by atoms with van der Waals surface area (Å²) in [6.07, 6.45) is 0. The number of aromatic nitrogens is 1. The second-order valence-corrected chi connectivity index (χ2v) is 7.39. The highest BCUT2D eigenvalue weighted by Crippen LogP contribution is 2.19. The second-order valence-electron chi connectivity index (χ2n) is 5.74. The molecule has 0 saturated carbocycles. The molecule has 2 aromatic rings. The fourth-order valence-electron chi connectivity index (χ4n) is 2.29. The molecule has 3 N–H and O–H groups in total. The highest BCUT2D eigenvalue weighted by molar-refractivity contribution is 7.89. The van der Waals surface area contributed by atoms with E-state index in [0.29, 0.717) is 11.4 Å². The number of carbonyl (C=O) groups excluding carboxylic acids is 2. The van der Waals surface area contributed by atoms with Crippen LogP contribution in [0.4, 0.5) is 11.4 Å². The van der Waals surface area contributed by atoms with Gasteiger partial charge in [0.25, 0.3) is 0 Å². The van der Waals surface area contributed by atoms with Crippen LogP contribution in [0.2, 0.25) is 0 Å². The molecule has 140 valence electrons. The van der Waals surface area contributed by atoms with Crippen molar-refractivity contribution in [1.82, 2.24) is 9.88 Å². The van der Waals surface area contributed by atoms with Crippen LogP contribution in [0.3, 0.4) is 0 Å². The number of hydrogen-bond donors (Lipinski definition) is 3. The third kappa shape index (κ3) is 4.67. The zero-order valence-electron chi connectivity index (χ0n) is 14.8. The van der Waals surface area contributed by atoms with E-state index in [1.807, 2.05) is 0 Å². The molecule has 2 rings (SSSR count). The largest absolute Gasteiger partial charge is 0.360 e. The average Bonchev–Trinajstić information content (AvgIpc) is 2.87. The van der Waals surface area contributed by atoms with E-state index in [2.05, 4.69) is 20.5 Å². The van der Waals surface area contributed by atoms with Gasteiger partial charge in [0.05, 0.1) is 6.04 Å². The van der Waals surface area contributed by atoms with E-state index in [1.54, 1.807) is 24.3 Å². The lowest BCUT2D eigenvalue weighted by Crippen LogP contribution is -2.41. The topological polar surface area (TPSA) is 130 Å². The molecule has 0 unspecified atom stereocenters. The molecule has 1 heterocycles. The Labute approximate surface area is 151 Å². The maximum absolute atomic E-state index is 12.4. The Hall–Kier alpha value is -2.72. The Morgan fingerprint density at radius 1 is 1.08 bits per heavy atom. The van der Waals surface area contributed by atoms with Gasteiger partial charge in [0.2, 0.25) is 21.8 Å². The summed E-state index contributed by atoms with van der Waals surface area (Å²) in [5, 5.41) is 8.82. The molecule has 0 saturated heterocycles. The van der Waals surface area contributed by atoms with Crippen molar-refractivity contribution in [3.8, 4) is 0 Å². The summed E-state index contributed by atoms with van der Waals surface area (Å²) in [6.45, 7) is 5.81. The molecular weight excluding hydrogens is 360 g/mol. The van der Waals surface area contributed by atoms with Crippen LogP contribution in [0.25, 0.3) is 0 Å². The lowest BCUT2D eigenvalue weighted by molar-refractivity contribution is -0.117. The highest BCUT2D eigenvalue weighted by atomic mass is 32.2. The molecule has 0 bridgehead atoms. The monoisotopic (exact) mass is 380 g/mol. The highest BCUT2D eigenvalue weighted by Gasteiger charge is 2.28. The molecular formula is C16H20N4O5S. The van der Waals surface area contributed by atoms with Crippen molar-refractivity contribution >= 4 is 33.2 Å². The van der Waals surface area contributed by atoms with E-state index < -0.39 is 22.0 Å². The zero-order valence-corrected chi connectivity index (χ0v) is 15.6. The summed E-state index contributed by atoms with van der Waals surface area (Å²) >= 11 is 0. The van der Waals surface area contributed by atoms with Crippen molar-refractivity contribution in [1.29, 1.82) is 0 Å². The standard InChI is InChI=1S/C16H20N4O5S/c1-9-15(11(3)25-19-9)26(23,24)20-10(2)16(22)18-14-7-5-13(6-8-14)17-12(4)21/h5-8,10,20H,1-4H3,(H,17,21)(H,18,22)/t10-/m1/s1. The number of rotatable bonds is 6. The number of amides is 2. The number of nitrogens with zero attached hydrogens (tertiary/aromatic N) is 1. The molecule has 1 atom stereocenters. The van der Waals surface area contributed by atoms with Crippen LogP contribution in [-0.2, 0) is 19.6 Å². The van der Waals surface area contributed by atoms with Crippen molar-refractivity contribution < 1.29 is 22.5 Å². The van der Waals surface area contributed by atoms with Crippen molar-refractivity contribution in [2.75, 3.05) is 10.6 Å². The first kappa shape index (κ1) is 19.6. The lowest BCUT2D eigenvalue weighted by Gasteiger charge is -2.14. The quantitative estimate of drug-likeness (QED) is 0.697. The summed E-state index contributed by atoms with van der Waals surface area (Å²) < 4.78 is 32.0. The van der Waals surface area contributed by atoms with Crippen molar-refractivity contribution in [2.24, 2.45) is 0 Å². The Kier molecular flexibility index (Phi) is 5.78. The van der Waals surface area contributed by atoms with E-state index in [-0.39, 0.29) is 22.3 Å². The number of benzene rings is 1. The number of hydrogen-bond acceptors (Lipinski definition) is 6. The van der Waals surface area contributed by atoms with Crippen LogP contribution < -0.4 is 15.4 Å². The number of carbonyl (C=O) groups is 2. The first-order chi connectivity index (χ1) is 12.1. The van der Waals surface area contributed by atoms with Gasteiger partial charge in [-0.3, -0.25) is 9.59 Å². The van der Waals surface area contributed by atoms with Gasteiger partial charge < -0.3 is 15.2 Å². The van der Waals surface area contributed by atoms with E-state index in [0.717, 1.165) is 0 Å². The minimum Gasteiger partial charge on any atom is -0.360 e.